The maximum Gasteiger partial charge on any atom is 0.187 e. The lowest BCUT2D eigenvalue weighted by Crippen LogP contribution is -2.65. The van der Waals surface area contributed by atoms with Crippen molar-refractivity contribution in [2.45, 2.75) is 60.3 Å². The van der Waals surface area contributed by atoms with Gasteiger partial charge in [0.25, 0.3) is 0 Å². The van der Waals surface area contributed by atoms with Gasteiger partial charge >= 0.3 is 0 Å². The minimum atomic E-state index is -0.973. The average Bonchev–Trinajstić information content (AvgIpc) is 3.00. The molecular formula is C17H20O5S. The maximum absolute atomic E-state index is 12.5. The quantitative estimate of drug-likeness (QED) is 0.845. The highest BCUT2D eigenvalue weighted by Crippen LogP contribution is 2.55. The zero-order chi connectivity index (χ0) is 16.2. The van der Waals surface area contributed by atoms with E-state index in [4.69, 9.17) is 18.9 Å². The Morgan fingerprint density at radius 2 is 1.91 bits per heavy atom. The first-order chi connectivity index (χ1) is 11.0. The molecule has 0 N–H and O–H groups in total. The van der Waals surface area contributed by atoms with Crippen molar-refractivity contribution in [3.63, 3.8) is 0 Å². The number of carbonyl (C=O) groups is 1. The van der Waals surface area contributed by atoms with Crippen molar-refractivity contribution in [1.82, 2.24) is 0 Å². The van der Waals surface area contributed by atoms with E-state index in [1.165, 1.54) is 0 Å². The predicted molar refractivity (Wildman–Crippen MR) is 84.1 cm³/mol. The van der Waals surface area contributed by atoms with Crippen molar-refractivity contribution in [1.29, 1.82) is 0 Å². The van der Waals surface area contributed by atoms with E-state index in [-0.39, 0.29) is 17.1 Å². The minimum Gasteiger partial charge on any atom is -0.353 e. The van der Waals surface area contributed by atoms with Gasteiger partial charge in [0.1, 0.15) is 12.2 Å². The highest BCUT2D eigenvalue weighted by molar-refractivity contribution is 8.00. The zero-order valence-electron chi connectivity index (χ0n) is 13.4. The van der Waals surface area contributed by atoms with Crippen LogP contribution < -0.4 is 0 Å². The van der Waals surface area contributed by atoms with Gasteiger partial charge < -0.3 is 18.9 Å². The summed E-state index contributed by atoms with van der Waals surface area (Å²) in [6, 6.07) is 10.0. The van der Waals surface area contributed by atoms with Crippen molar-refractivity contribution in [3.05, 3.63) is 30.3 Å². The van der Waals surface area contributed by atoms with E-state index in [9.17, 15) is 4.79 Å². The molecule has 0 aromatic heterocycles. The molecule has 1 aromatic carbocycles. The summed E-state index contributed by atoms with van der Waals surface area (Å²) in [6.45, 7) is 3.71. The van der Waals surface area contributed by atoms with Gasteiger partial charge in [0.05, 0.1) is 5.25 Å². The number of hydrogen-bond donors (Lipinski definition) is 0. The first-order valence-corrected chi connectivity index (χ1v) is 8.65. The van der Waals surface area contributed by atoms with Crippen LogP contribution in [0.15, 0.2) is 35.2 Å². The molecule has 0 bridgehead atoms. The molecule has 3 aliphatic rings. The van der Waals surface area contributed by atoms with Crippen LogP contribution in [0.25, 0.3) is 0 Å². The maximum atomic E-state index is 12.5. The van der Waals surface area contributed by atoms with Gasteiger partial charge in [-0.1, -0.05) is 18.2 Å². The van der Waals surface area contributed by atoms with Crippen LogP contribution in [0.2, 0.25) is 0 Å². The number of fused-ring (bicyclic) bond motifs is 2. The first-order valence-electron chi connectivity index (χ1n) is 7.77. The summed E-state index contributed by atoms with van der Waals surface area (Å²) in [6.07, 6.45) is -0.906. The second kappa shape index (κ2) is 5.29. The number of benzene rings is 1. The smallest absolute Gasteiger partial charge is 0.187 e. The van der Waals surface area contributed by atoms with Gasteiger partial charge in [0.2, 0.25) is 0 Å². The Bertz CT molecular complexity index is 619. The van der Waals surface area contributed by atoms with E-state index < -0.39 is 23.8 Å². The third kappa shape index (κ3) is 2.27. The van der Waals surface area contributed by atoms with Crippen LogP contribution in [-0.2, 0) is 23.7 Å². The van der Waals surface area contributed by atoms with Crippen LogP contribution >= 0.6 is 11.8 Å². The van der Waals surface area contributed by atoms with E-state index >= 15 is 0 Å². The number of thioether (sulfide) groups is 1. The van der Waals surface area contributed by atoms with Gasteiger partial charge in [0.15, 0.2) is 23.5 Å². The van der Waals surface area contributed by atoms with Crippen LogP contribution in [-0.4, -0.2) is 48.0 Å². The van der Waals surface area contributed by atoms with Crippen molar-refractivity contribution in [2.24, 2.45) is 0 Å². The molecule has 23 heavy (non-hydrogen) atoms. The second-order valence-corrected chi connectivity index (χ2v) is 7.86. The topological polar surface area (TPSA) is 54.0 Å². The number of rotatable bonds is 3. The Morgan fingerprint density at radius 1 is 1.17 bits per heavy atom. The summed E-state index contributed by atoms with van der Waals surface area (Å²) in [5, 5.41) is 0.00236. The average molecular weight is 336 g/mol. The molecule has 2 saturated heterocycles. The SMILES string of the molecule is CO[C@@H]1OC2(C(=O)CC2Sc2ccccc2)[C@@H]2OC(C)(C)OC12. The Labute approximate surface area is 139 Å². The van der Waals surface area contributed by atoms with Crippen molar-refractivity contribution >= 4 is 17.5 Å². The summed E-state index contributed by atoms with van der Waals surface area (Å²) in [4.78, 5) is 13.7. The lowest BCUT2D eigenvalue weighted by atomic mass is 9.73. The Balaban J connectivity index is 1.64. The number of methoxy groups -OCH3 is 1. The molecule has 5 nitrogen and oxygen atoms in total. The fourth-order valence-electron chi connectivity index (χ4n) is 3.63. The van der Waals surface area contributed by atoms with Crippen molar-refractivity contribution in [3.8, 4) is 0 Å². The molecule has 1 spiro atoms. The number of hydrogen-bond acceptors (Lipinski definition) is 6. The summed E-state index contributed by atoms with van der Waals surface area (Å²) in [5.41, 5.74) is -0.973. The molecule has 0 amide bonds. The fraction of sp³-hybridized carbons (Fsp3) is 0.588. The molecule has 1 aliphatic carbocycles. The highest BCUT2D eigenvalue weighted by Gasteiger charge is 2.73. The molecular weight excluding hydrogens is 316 g/mol. The summed E-state index contributed by atoms with van der Waals surface area (Å²) in [7, 11) is 1.57. The van der Waals surface area contributed by atoms with Gasteiger partial charge in [-0.3, -0.25) is 4.79 Å². The molecule has 6 heteroatoms. The lowest BCUT2D eigenvalue weighted by Gasteiger charge is -2.46. The van der Waals surface area contributed by atoms with Crippen LogP contribution in [0, 0.1) is 0 Å². The van der Waals surface area contributed by atoms with E-state index in [2.05, 4.69) is 0 Å². The highest BCUT2D eigenvalue weighted by atomic mass is 32.2. The summed E-state index contributed by atoms with van der Waals surface area (Å²) < 4.78 is 23.4. The first kappa shape index (κ1) is 15.6. The van der Waals surface area contributed by atoms with Gasteiger partial charge in [-0.15, -0.1) is 11.8 Å². The Hall–Kier alpha value is -0.920. The van der Waals surface area contributed by atoms with Crippen LogP contribution in [0.4, 0.5) is 0 Å². The third-order valence-corrected chi connectivity index (χ3v) is 6.02. The molecule has 2 heterocycles. The van der Waals surface area contributed by atoms with Crippen LogP contribution in [0.1, 0.15) is 20.3 Å². The summed E-state index contributed by atoms with van der Waals surface area (Å²) >= 11 is 1.65. The minimum absolute atomic E-state index is 0.00236. The van der Waals surface area contributed by atoms with E-state index in [1.807, 2.05) is 44.2 Å². The zero-order valence-corrected chi connectivity index (χ0v) is 14.2. The molecule has 3 fully saturated rings. The molecule has 0 radical (unpaired) electrons. The van der Waals surface area contributed by atoms with Gasteiger partial charge in [-0.05, 0) is 26.0 Å². The number of carbonyl (C=O) groups excluding carboxylic acids is 1. The second-order valence-electron chi connectivity index (χ2n) is 6.58. The Morgan fingerprint density at radius 3 is 2.57 bits per heavy atom. The molecule has 5 atom stereocenters. The fourth-order valence-corrected chi connectivity index (χ4v) is 5.01. The molecule has 3 unspecified atom stereocenters. The van der Waals surface area contributed by atoms with Crippen LogP contribution in [0.5, 0.6) is 0 Å². The molecule has 1 aromatic rings. The normalized spacial score (nSPS) is 41.1. The number of Topliss-reactive ketones (excluding diaryl/α,β-unsaturated/α-hetero) is 1. The van der Waals surface area contributed by atoms with Gasteiger partial charge in [-0.25, -0.2) is 0 Å². The molecule has 1 saturated carbocycles. The molecule has 124 valence electrons. The van der Waals surface area contributed by atoms with E-state index in [0.29, 0.717) is 6.42 Å². The predicted octanol–water partition coefficient (Wildman–Crippen LogP) is 2.38. The van der Waals surface area contributed by atoms with Crippen LogP contribution in [0.3, 0.4) is 0 Å². The van der Waals surface area contributed by atoms with Crippen molar-refractivity contribution < 1.29 is 23.7 Å². The standard InChI is InChI=1S/C17H20O5S/c1-16(2)20-13-14(21-16)17(22-15(13)19-3)11(18)9-12(17)23-10-7-5-4-6-8-10/h4-8,12-15H,9H2,1-3H3/t12?,13?,14-,15-,17?/m1/s1. The largest absolute Gasteiger partial charge is 0.353 e. The summed E-state index contributed by atoms with van der Waals surface area (Å²) in [5.74, 6) is -0.664. The Kier molecular flexibility index (Phi) is 3.59. The third-order valence-electron chi connectivity index (χ3n) is 4.67. The van der Waals surface area contributed by atoms with E-state index in [1.54, 1.807) is 18.9 Å². The van der Waals surface area contributed by atoms with E-state index in [0.717, 1.165) is 4.90 Å². The number of ether oxygens (including phenoxy) is 4. The monoisotopic (exact) mass is 336 g/mol. The van der Waals surface area contributed by atoms with Gasteiger partial charge in [-0.2, -0.15) is 0 Å². The molecule has 4 rings (SSSR count). The van der Waals surface area contributed by atoms with Gasteiger partial charge in [0, 0.05) is 18.4 Å². The lowest BCUT2D eigenvalue weighted by molar-refractivity contribution is -0.253. The number of ketones is 1. The van der Waals surface area contributed by atoms with Crippen molar-refractivity contribution in [2.75, 3.05) is 7.11 Å². The molecule has 2 aliphatic heterocycles.